The van der Waals surface area contributed by atoms with E-state index in [9.17, 15) is 21.6 Å². The number of aromatic nitrogens is 1. The van der Waals surface area contributed by atoms with Crippen LogP contribution in [-0.4, -0.2) is 31.9 Å². The van der Waals surface area contributed by atoms with Gasteiger partial charge in [-0.05, 0) is 18.2 Å². The first-order chi connectivity index (χ1) is 9.73. The monoisotopic (exact) mass is 322 g/mol. The van der Waals surface area contributed by atoms with Crippen molar-refractivity contribution < 1.29 is 30.5 Å². The van der Waals surface area contributed by atoms with Crippen LogP contribution in [-0.2, 0) is 19.0 Å². The van der Waals surface area contributed by atoms with Gasteiger partial charge in [-0.15, -0.1) is 0 Å². The molecule has 1 aliphatic heterocycles. The smallest absolute Gasteiger partial charge is 0.494 e. The summed E-state index contributed by atoms with van der Waals surface area (Å²) >= 11 is 0. The molecule has 0 aliphatic carbocycles. The van der Waals surface area contributed by atoms with Crippen molar-refractivity contribution in [2.75, 3.05) is 7.11 Å². The van der Waals surface area contributed by atoms with Gasteiger partial charge in [0.25, 0.3) is 0 Å². The van der Waals surface area contributed by atoms with E-state index < -0.39 is 21.5 Å². The van der Waals surface area contributed by atoms with E-state index in [2.05, 4.69) is 14.2 Å². The fourth-order valence-electron chi connectivity index (χ4n) is 1.44. The summed E-state index contributed by atoms with van der Waals surface area (Å²) in [5, 5.41) is 0. The van der Waals surface area contributed by atoms with E-state index in [-0.39, 0.29) is 11.5 Å². The second-order valence-electron chi connectivity index (χ2n) is 3.80. The number of halogens is 3. The highest BCUT2D eigenvalue weighted by Crippen LogP contribution is 2.28. The Bertz CT molecular complexity index is 715. The lowest BCUT2D eigenvalue weighted by molar-refractivity contribution is -0.0504. The molecule has 0 aromatic carbocycles. The quantitative estimate of drug-likeness (QED) is 0.683. The molecule has 0 fully saturated rings. The number of hydrogen-bond acceptors (Lipinski definition) is 5. The number of alkyl halides is 3. The molecule has 0 unspecified atom stereocenters. The zero-order valence-electron chi connectivity index (χ0n) is 10.5. The van der Waals surface area contributed by atoms with Gasteiger partial charge < -0.3 is 13.9 Å². The van der Waals surface area contributed by atoms with Crippen molar-refractivity contribution >= 4 is 22.1 Å². The van der Waals surface area contributed by atoms with Gasteiger partial charge in [0.05, 0.1) is 7.11 Å². The largest absolute Gasteiger partial charge is 0.534 e. The topological polar surface area (TPSA) is 80.8 Å². The van der Waals surface area contributed by atoms with Crippen LogP contribution in [0.15, 0.2) is 40.9 Å². The summed E-state index contributed by atoms with van der Waals surface area (Å²) in [6, 6.07) is 3.38. The number of nitrogens with one attached hydrogen (secondary N) is 1. The number of rotatable bonds is 3. The molecule has 0 spiro atoms. The average Bonchev–Trinajstić information content (AvgIpc) is 2.97. The minimum atomic E-state index is -5.76. The van der Waals surface area contributed by atoms with Crippen molar-refractivity contribution in [1.29, 1.82) is 0 Å². The van der Waals surface area contributed by atoms with Gasteiger partial charge in [0.2, 0.25) is 5.90 Å². The van der Waals surface area contributed by atoms with Crippen LogP contribution in [0.1, 0.15) is 5.69 Å². The normalized spacial score (nSPS) is 17.6. The Morgan fingerprint density at radius 2 is 2.10 bits per heavy atom. The van der Waals surface area contributed by atoms with Crippen LogP contribution in [0.2, 0.25) is 0 Å². The Labute approximate surface area is 117 Å². The molecule has 1 N–H and O–H groups in total. The second-order valence-corrected chi connectivity index (χ2v) is 5.34. The molecule has 0 amide bonds. The van der Waals surface area contributed by atoms with Crippen molar-refractivity contribution in [1.82, 2.24) is 4.98 Å². The molecule has 0 saturated carbocycles. The van der Waals surface area contributed by atoms with E-state index >= 15 is 0 Å². The average molecular weight is 322 g/mol. The number of aliphatic imine (C=N–C) groups is 1. The van der Waals surface area contributed by atoms with Crippen LogP contribution in [0.5, 0.6) is 0 Å². The molecule has 0 atom stereocenters. The Hall–Kier alpha value is -2.23. The molecule has 2 heterocycles. The van der Waals surface area contributed by atoms with Crippen molar-refractivity contribution in [3.05, 3.63) is 41.6 Å². The zero-order valence-corrected chi connectivity index (χ0v) is 11.3. The zero-order chi connectivity index (χ0) is 15.7. The Morgan fingerprint density at radius 1 is 1.38 bits per heavy atom. The molecule has 0 bridgehead atoms. The predicted octanol–water partition coefficient (Wildman–Crippen LogP) is 2.16. The number of ether oxygens (including phenoxy) is 1. The molecule has 21 heavy (non-hydrogen) atoms. The molecular weight excluding hydrogens is 313 g/mol. The maximum atomic E-state index is 12.2. The lowest BCUT2D eigenvalue weighted by atomic mass is 10.3. The molecule has 1 aliphatic rings. The van der Waals surface area contributed by atoms with E-state index in [4.69, 9.17) is 4.74 Å². The lowest BCUT2D eigenvalue weighted by Crippen LogP contribution is -2.27. The molecule has 1 aromatic rings. The van der Waals surface area contributed by atoms with Gasteiger partial charge in [0, 0.05) is 18.0 Å². The van der Waals surface area contributed by atoms with Crippen LogP contribution in [0, 0.1) is 0 Å². The van der Waals surface area contributed by atoms with Crippen LogP contribution < -0.4 is 0 Å². The predicted molar refractivity (Wildman–Crippen MR) is 67.4 cm³/mol. The summed E-state index contributed by atoms with van der Waals surface area (Å²) in [4.78, 5) is 6.48. The summed E-state index contributed by atoms with van der Waals surface area (Å²) in [5.41, 5.74) is -4.79. The van der Waals surface area contributed by atoms with Crippen molar-refractivity contribution in [3.8, 4) is 0 Å². The maximum Gasteiger partial charge on any atom is 0.534 e. The van der Waals surface area contributed by atoms with Gasteiger partial charge in [0.15, 0.2) is 0 Å². The molecule has 0 saturated heterocycles. The molecule has 6 nitrogen and oxygen atoms in total. The minimum absolute atomic E-state index is 0.0805. The summed E-state index contributed by atoms with van der Waals surface area (Å²) in [7, 11) is -4.50. The summed E-state index contributed by atoms with van der Waals surface area (Å²) in [6.07, 6.45) is 4.05. The highest BCUT2D eigenvalue weighted by atomic mass is 32.2. The number of H-pyrrole nitrogens is 1. The first-order valence-corrected chi connectivity index (χ1v) is 6.84. The lowest BCUT2D eigenvalue weighted by Gasteiger charge is -2.07. The number of hydrogen-bond donors (Lipinski definition) is 1. The minimum Gasteiger partial charge on any atom is -0.494 e. The standard InChI is InChI=1S/C11H9F3N2O4S/c1-19-9-6-10(20-21(17,18)11(12,13)14)16-8(9)5-7-3-2-4-15-7/h2-6,15H,1H3/b8-5-. The van der Waals surface area contributed by atoms with Gasteiger partial charge in [0.1, 0.15) is 11.5 Å². The molecular formula is C11H9F3N2O4S. The third-order valence-electron chi connectivity index (χ3n) is 2.35. The van der Waals surface area contributed by atoms with Gasteiger partial charge in [-0.1, -0.05) is 0 Å². The van der Waals surface area contributed by atoms with Gasteiger partial charge in [-0.2, -0.15) is 21.6 Å². The van der Waals surface area contributed by atoms with E-state index in [0.717, 1.165) is 6.08 Å². The number of nitrogens with zero attached hydrogens (tertiary/aromatic N) is 1. The fourth-order valence-corrected chi connectivity index (χ4v) is 1.85. The summed E-state index contributed by atoms with van der Waals surface area (Å²) in [5.74, 6) is -0.640. The van der Waals surface area contributed by atoms with E-state index in [1.54, 1.807) is 18.3 Å². The van der Waals surface area contributed by atoms with Crippen LogP contribution in [0.4, 0.5) is 13.2 Å². The molecule has 2 rings (SSSR count). The Balaban J connectivity index is 2.29. The van der Waals surface area contributed by atoms with E-state index in [1.165, 1.54) is 13.2 Å². The molecule has 10 heteroatoms. The SMILES string of the molecule is COC1=CC(OS(=O)(=O)C(F)(F)F)=N/C1=C\c1ccc[nH]1. The number of methoxy groups -OCH3 is 1. The molecule has 114 valence electrons. The van der Waals surface area contributed by atoms with Crippen LogP contribution in [0.25, 0.3) is 6.08 Å². The van der Waals surface area contributed by atoms with Gasteiger partial charge in [-0.3, -0.25) is 0 Å². The number of aromatic amines is 1. The molecule has 1 aromatic heterocycles. The Kier molecular flexibility index (Phi) is 3.81. The fraction of sp³-hybridized carbons (Fsp3) is 0.182. The third-order valence-corrected chi connectivity index (χ3v) is 3.31. The van der Waals surface area contributed by atoms with Gasteiger partial charge in [-0.25, -0.2) is 4.99 Å². The summed E-state index contributed by atoms with van der Waals surface area (Å²) in [6.45, 7) is 0. The van der Waals surface area contributed by atoms with Gasteiger partial charge >= 0.3 is 15.6 Å². The van der Waals surface area contributed by atoms with Crippen LogP contribution in [0.3, 0.4) is 0 Å². The van der Waals surface area contributed by atoms with E-state index in [1.807, 2.05) is 0 Å². The third kappa shape index (κ3) is 3.27. The van der Waals surface area contributed by atoms with Crippen molar-refractivity contribution in [2.45, 2.75) is 5.51 Å². The highest BCUT2D eigenvalue weighted by Gasteiger charge is 2.49. The first kappa shape index (κ1) is 15.2. The van der Waals surface area contributed by atoms with E-state index in [0.29, 0.717) is 5.69 Å². The first-order valence-electron chi connectivity index (χ1n) is 5.43. The summed E-state index contributed by atoms with van der Waals surface area (Å²) < 4.78 is 67.3. The second kappa shape index (κ2) is 5.28. The van der Waals surface area contributed by atoms with Crippen molar-refractivity contribution in [3.63, 3.8) is 0 Å². The maximum absolute atomic E-state index is 12.2. The highest BCUT2D eigenvalue weighted by molar-refractivity contribution is 7.88. The molecule has 0 radical (unpaired) electrons. The Morgan fingerprint density at radius 3 is 2.62 bits per heavy atom. The van der Waals surface area contributed by atoms with Crippen LogP contribution >= 0.6 is 0 Å². The van der Waals surface area contributed by atoms with Crippen molar-refractivity contribution in [2.24, 2.45) is 4.99 Å².